The summed E-state index contributed by atoms with van der Waals surface area (Å²) in [4.78, 5) is 3.63. The van der Waals surface area contributed by atoms with Crippen LogP contribution >= 0.6 is 22.9 Å². The maximum absolute atomic E-state index is 6.42. The molecule has 21 heavy (non-hydrogen) atoms. The maximum Gasteiger partial charge on any atom is 0.0603 e. The number of halogens is 1. The minimum atomic E-state index is 0.352. The van der Waals surface area contributed by atoms with Crippen molar-refractivity contribution in [3.63, 3.8) is 0 Å². The van der Waals surface area contributed by atoms with Gasteiger partial charge in [0.15, 0.2) is 0 Å². The van der Waals surface area contributed by atoms with Gasteiger partial charge in [-0.05, 0) is 49.0 Å². The highest BCUT2D eigenvalue weighted by atomic mass is 35.5. The molecular weight excluding hydrogens is 300 g/mol. The average Bonchev–Trinajstić information content (AvgIpc) is 3.02. The van der Waals surface area contributed by atoms with Crippen LogP contribution in [0.25, 0.3) is 0 Å². The van der Waals surface area contributed by atoms with Crippen LogP contribution in [0.1, 0.15) is 36.8 Å². The summed E-state index contributed by atoms with van der Waals surface area (Å²) < 4.78 is 0. The fourth-order valence-corrected chi connectivity index (χ4v) is 3.31. The maximum atomic E-state index is 6.42. The number of hydrogen-bond donors (Lipinski definition) is 1. The summed E-state index contributed by atoms with van der Waals surface area (Å²) >= 11 is 8.21. The van der Waals surface area contributed by atoms with Crippen molar-refractivity contribution in [2.75, 3.05) is 18.5 Å². The van der Waals surface area contributed by atoms with Crippen molar-refractivity contribution in [1.82, 2.24) is 5.32 Å². The second-order valence-electron chi connectivity index (χ2n) is 5.25. The van der Waals surface area contributed by atoms with Crippen molar-refractivity contribution in [3.05, 3.63) is 51.2 Å². The molecule has 4 heteroatoms. The largest absolute Gasteiger partial charge is 0.367 e. The molecule has 1 unspecified atom stereocenters. The van der Waals surface area contributed by atoms with E-state index in [2.05, 4.69) is 66.8 Å². The van der Waals surface area contributed by atoms with Crippen LogP contribution in [0, 0.1) is 0 Å². The number of hydrogen-bond acceptors (Lipinski definition) is 3. The van der Waals surface area contributed by atoms with Crippen LogP contribution < -0.4 is 10.2 Å². The van der Waals surface area contributed by atoms with E-state index < -0.39 is 0 Å². The molecule has 0 bridgehead atoms. The third-order valence-electron chi connectivity index (χ3n) is 3.72. The lowest BCUT2D eigenvalue weighted by atomic mass is 10.1. The molecule has 0 saturated carbocycles. The van der Waals surface area contributed by atoms with Gasteiger partial charge in [-0.2, -0.15) is 0 Å². The Balaban J connectivity index is 2.08. The molecule has 114 valence electrons. The quantitative estimate of drug-likeness (QED) is 0.713. The summed E-state index contributed by atoms with van der Waals surface area (Å²) in [6, 6.07) is 11.0. The minimum Gasteiger partial charge on any atom is -0.367 e. The first-order valence-electron chi connectivity index (χ1n) is 7.38. The lowest BCUT2D eigenvalue weighted by molar-refractivity contribution is 0.675. The van der Waals surface area contributed by atoms with E-state index in [0.29, 0.717) is 6.04 Å². The van der Waals surface area contributed by atoms with Gasteiger partial charge in [-0.3, -0.25) is 0 Å². The van der Waals surface area contributed by atoms with Crippen molar-refractivity contribution >= 4 is 28.6 Å². The van der Waals surface area contributed by atoms with E-state index in [9.17, 15) is 0 Å². The highest BCUT2D eigenvalue weighted by Gasteiger charge is 2.14. The fraction of sp³-hybridized carbons (Fsp3) is 0.412. The topological polar surface area (TPSA) is 15.3 Å². The molecule has 0 saturated heterocycles. The summed E-state index contributed by atoms with van der Waals surface area (Å²) in [6.45, 7) is 6.24. The van der Waals surface area contributed by atoms with E-state index in [-0.39, 0.29) is 0 Å². The first kappa shape index (κ1) is 16.3. The normalized spacial score (nSPS) is 12.4. The molecule has 1 N–H and O–H groups in total. The highest BCUT2D eigenvalue weighted by molar-refractivity contribution is 7.10. The van der Waals surface area contributed by atoms with Crippen LogP contribution in [0.15, 0.2) is 35.7 Å². The number of nitrogens with one attached hydrogen (secondary N) is 1. The molecule has 1 aromatic carbocycles. The van der Waals surface area contributed by atoms with Crippen LogP contribution in [0.5, 0.6) is 0 Å². The predicted molar refractivity (Wildman–Crippen MR) is 94.6 cm³/mol. The Bertz CT molecular complexity index is 554. The second-order valence-corrected chi connectivity index (χ2v) is 6.64. The van der Waals surface area contributed by atoms with Gasteiger partial charge in [0, 0.05) is 29.2 Å². The van der Waals surface area contributed by atoms with Crippen LogP contribution in [0.4, 0.5) is 5.69 Å². The molecule has 0 spiro atoms. The lowest BCUT2D eigenvalue weighted by Gasteiger charge is -2.26. The summed E-state index contributed by atoms with van der Waals surface area (Å²) in [5, 5.41) is 6.34. The molecule has 0 amide bonds. The number of rotatable bonds is 7. The van der Waals surface area contributed by atoms with Gasteiger partial charge >= 0.3 is 0 Å². The summed E-state index contributed by atoms with van der Waals surface area (Å²) in [6.07, 6.45) is 1.14. The van der Waals surface area contributed by atoms with Crippen molar-refractivity contribution in [1.29, 1.82) is 0 Å². The third kappa shape index (κ3) is 4.22. The van der Waals surface area contributed by atoms with Crippen LogP contribution in [0.2, 0.25) is 5.02 Å². The van der Waals surface area contributed by atoms with Gasteiger partial charge in [-0.15, -0.1) is 11.3 Å². The standard InChI is InChI=1S/C17H23ClN2S/c1-4-9-19-12-14-7-8-15(11-16(14)18)20(3)13(2)17-6-5-10-21-17/h5-8,10-11,13,19H,4,9,12H2,1-3H3. The smallest absolute Gasteiger partial charge is 0.0603 e. The zero-order valence-corrected chi connectivity index (χ0v) is 14.5. The van der Waals surface area contributed by atoms with Gasteiger partial charge in [-0.1, -0.05) is 30.7 Å². The van der Waals surface area contributed by atoms with E-state index in [1.54, 1.807) is 11.3 Å². The number of anilines is 1. The van der Waals surface area contributed by atoms with Gasteiger partial charge in [0.1, 0.15) is 0 Å². The molecule has 0 aliphatic heterocycles. The molecule has 1 atom stereocenters. The van der Waals surface area contributed by atoms with Crippen molar-refractivity contribution < 1.29 is 0 Å². The van der Waals surface area contributed by atoms with Gasteiger partial charge in [0.2, 0.25) is 0 Å². The minimum absolute atomic E-state index is 0.352. The Morgan fingerprint density at radius 2 is 2.14 bits per heavy atom. The highest BCUT2D eigenvalue weighted by Crippen LogP contribution is 2.30. The Kier molecular flexibility index (Phi) is 6.09. The lowest BCUT2D eigenvalue weighted by Crippen LogP contribution is -2.21. The third-order valence-corrected chi connectivity index (χ3v) is 5.12. The molecule has 0 aliphatic carbocycles. The van der Waals surface area contributed by atoms with Crippen LogP contribution in [0.3, 0.4) is 0 Å². The van der Waals surface area contributed by atoms with Crippen LogP contribution in [-0.2, 0) is 6.54 Å². The average molecular weight is 323 g/mol. The monoisotopic (exact) mass is 322 g/mol. The van der Waals surface area contributed by atoms with Crippen molar-refractivity contribution in [3.8, 4) is 0 Å². The van der Waals surface area contributed by atoms with Gasteiger partial charge in [0.05, 0.1) is 6.04 Å². The van der Waals surface area contributed by atoms with E-state index >= 15 is 0 Å². The molecule has 1 aromatic heterocycles. The first-order valence-corrected chi connectivity index (χ1v) is 8.64. The van der Waals surface area contributed by atoms with E-state index in [0.717, 1.165) is 35.8 Å². The molecule has 0 radical (unpaired) electrons. The SMILES string of the molecule is CCCNCc1ccc(N(C)C(C)c2cccs2)cc1Cl. The van der Waals surface area contributed by atoms with Gasteiger partial charge < -0.3 is 10.2 Å². The van der Waals surface area contributed by atoms with E-state index in [4.69, 9.17) is 11.6 Å². The zero-order chi connectivity index (χ0) is 15.2. The fourth-order valence-electron chi connectivity index (χ4n) is 2.24. The first-order chi connectivity index (χ1) is 10.1. The van der Waals surface area contributed by atoms with Crippen molar-refractivity contribution in [2.24, 2.45) is 0 Å². The molecule has 0 aliphatic rings. The van der Waals surface area contributed by atoms with E-state index in [1.807, 2.05) is 0 Å². The van der Waals surface area contributed by atoms with Crippen molar-refractivity contribution in [2.45, 2.75) is 32.9 Å². The number of benzene rings is 1. The molecule has 2 aromatic rings. The molecule has 0 fully saturated rings. The summed E-state index contributed by atoms with van der Waals surface area (Å²) in [5.41, 5.74) is 2.31. The molecule has 2 nitrogen and oxygen atoms in total. The van der Waals surface area contributed by atoms with Crippen LogP contribution in [-0.4, -0.2) is 13.6 Å². The Morgan fingerprint density at radius 1 is 1.33 bits per heavy atom. The molecular formula is C17H23ClN2S. The number of thiophene rings is 1. The molecule has 2 rings (SSSR count). The Hall–Kier alpha value is -1.03. The summed E-state index contributed by atoms with van der Waals surface area (Å²) in [7, 11) is 2.12. The zero-order valence-electron chi connectivity index (χ0n) is 12.9. The molecule has 1 heterocycles. The predicted octanol–water partition coefficient (Wildman–Crippen LogP) is 5.10. The van der Waals surface area contributed by atoms with Gasteiger partial charge in [0.25, 0.3) is 0 Å². The summed E-state index contributed by atoms with van der Waals surface area (Å²) in [5.74, 6) is 0. The Labute approximate surface area is 136 Å². The second kappa shape index (κ2) is 7.83. The van der Waals surface area contributed by atoms with E-state index in [1.165, 1.54) is 4.88 Å². The van der Waals surface area contributed by atoms with Gasteiger partial charge in [-0.25, -0.2) is 0 Å². The number of nitrogens with zero attached hydrogens (tertiary/aromatic N) is 1. The Morgan fingerprint density at radius 3 is 2.76 bits per heavy atom.